The Kier molecular flexibility index (Phi) is 8.67. The van der Waals surface area contributed by atoms with Gasteiger partial charge in [0.15, 0.2) is 10.9 Å². The fourth-order valence-electron chi connectivity index (χ4n) is 4.27. The van der Waals surface area contributed by atoms with Crippen molar-refractivity contribution in [1.82, 2.24) is 14.7 Å². The van der Waals surface area contributed by atoms with Crippen LogP contribution in [0.5, 0.6) is 0 Å². The summed E-state index contributed by atoms with van der Waals surface area (Å²) >= 11 is 1.24. The standard InChI is InChI=1S/C24H26FN3O4S.ClH/c1-15(29)33-21-9-10-27(13-17(21)12-18-8-11-28(26-18)14-22(30)31)23(24(32)16-6-7-16)19-4-2-3-5-20(19)25;/h2-5,8,11-12,16,21,23H,6-7,9-10,13-14H2,1H3,(H,30,31);1H/b17-12-;. The Morgan fingerprint density at radius 1 is 1.24 bits per heavy atom. The summed E-state index contributed by atoms with van der Waals surface area (Å²) in [6.45, 7) is 2.24. The molecule has 1 aliphatic carbocycles. The summed E-state index contributed by atoms with van der Waals surface area (Å²) in [6, 6.07) is 7.46. The summed E-state index contributed by atoms with van der Waals surface area (Å²) in [7, 11) is 0. The number of likely N-dealkylation sites (tertiary alicyclic amines) is 1. The molecule has 34 heavy (non-hydrogen) atoms. The second-order valence-corrected chi connectivity index (χ2v) is 9.89. The molecule has 1 aliphatic heterocycles. The molecule has 2 unspecified atom stereocenters. The quantitative estimate of drug-likeness (QED) is 0.577. The highest BCUT2D eigenvalue weighted by Crippen LogP contribution is 2.40. The number of carboxylic acids is 1. The fourth-order valence-corrected chi connectivity index (χ4v) is 5.18. The number of halogens is 2. The van der Waals surface area contributed by atoms with E-state index in [0.29, 0.717) is 30.8 Å². The number of thioether (sulfide) groups is 1. The molecule has 1 N–H and O–H groups in total. The Bertz CT molecular complexity index is 1100. The second-order valence-electron chi connectivity index (χ2n) is 8.51. The van der Waals surface area contributed by atoms with E-state index in [1.54, 1.807) is 30.5 Å². The minimum atomic E-state index is -0.988. The van der Waals surface area contributed by atoms with Gasteiger partial charge in [0, 0.05) is 42.9 Å². The van der Waals surface area contributed by atoms with Crippen LogP contribution in [0.4, 0.5) is 4.39 Å². The van der Waals surface area contributed by atoms with Gasteiger partial charge >= 0.3 is 5.97 Å². The molecule has 1 saturated carbocycles. The van der Waals surface area contributed by atoms with Gasteiger partial charge in [-0.1, -0.05) is 30.0 Å². The van der Waals surface area contributed by atoms with Crippen molar-refractivity contribution >= 4 is 47.1 Å². The Morgan fingerprint density at radius 2 is 1.97 bits per heavy atom. The number of Topliss-reactive ketones (excluding diaryl/α,β-unsaturated/α-hetero) is 1. The van der Waals surface area contributed by atoms with Gasteiger partial charge in [-0.25, -0.2) is 4.39 Å². The van der Waals surface area contributed by atoms with E-state index < -0.39 is 17.8 Å². The highest BCUT2D eigenvalue weighted by Gasteiger charge is 2.41. The monoisotopic (exact) mass is 507 g/mol. The van der Waals surface area contributed by atoms with Gasteiger partial charge in [0.2, 0.25) is 0 Å². The molecule has 2 atom stereocenters. The molecular formula is C24H27ClFN3O4S. The van der Waals surface area contributed by atoms with Crippen molar-refractivity contribution in [1.29, 1.82) is 0 Å². The number of hydrogen-bond donors (Lipinski definition) is 1. The van der Waals surface area contributed by atoms with Crippen LogP contribution in [0.1, 0.15) is 43.5 Å². The second kappa shape index (κ2) is 11.3. The average Bonchev–Trinajstić information content (AvgIpc) is 3.52. The zero-order valence-electron chi connectivity index (χ0n) is 18.7. The Hall–Kier alpha value is -2.49. The van der Waals surface area contributed by atoms with E-state index in [9.17, 15) is 18.8 Å². The van der Waals surface area contributed by atoms with Crippen molar-refractivity contribution in [3.05, 3.63) is 59.2 Å². The zero-order chi connectivity index (χ0) is 23.5. The minimum absolute atomic E-state index is 0. The third kappa shape index (κ3) is 6.34. The van der Waals surface area contributed by atoms with Crippen LogP contribution >= 0.6 is 24.2 Å². The molecule has 2 fully saturated rings. The van der Waals surface area contributed by atoms with Gasteiger partial charge in [-0.3, -0.25) is 24.0 Å². The Labute approximate surface area is 207 Å². The van der Waals surface area contributed by atoms with Crippen LogP contribution in [-0.4, -0.2) is 55.0 Å². The lowest BCUT2D eigenvalue weighted by Gasteiger charge is -2.38. The van der Waals surface area contributed by atoms with Crippen molar-refractivity contribution in [2.24, 2.45) is 5.92 Å². The number of aromatic nitrogens is 2. The highest BCUT2D eigenvalue weighted by atomic mass is 35.5. The maximum atomic E-state index is 14.7. The van der Waals surface area contributed by atoms with Crippen molar-refractivity contribution in [2.75, 3.05) is 13.1 Å². The number of piperidine rings is 1. The van der Waals surface area contributed by atoms with Crippen LogP contribution in [0.15, 0.2) is 42.1 Å². The van der Waals surface area contributed by atoms with Gasteiger partial charge in [0.25, 0.3) is 0 Å². The topological polar surface area (TPSA) is 92.5 Å². The molecule has 0 spiro atoms. The first kappa shape index (κ1) is 26.1. The summed E-state index contributed by atoms with van der Waals surface area (Å²) < 4.78 is 16.1. The molecule has 4 rings (SSSR count). The molecule has 2 aromatic rings. The minimum Gasteiger partial charge on any atom is -0.480 e. The lowest BCUT2D eigenvalue weighted by molar-refractivity contribution is -0.138. The van der Waals surface area contributed by atoms with E-state index in [0.717, 1.165) is 18.4 Å². The number of aliphatic carboxylic acids is 1. The van der Waals surface area contributed by atoms with Gasteiger partial charge in [-0.2, -0.15) is 5.10 Å². The van der Waals surface area contributed by atoms with Crippen molar-refractivity contribution < 1.29 is 23.9 Å². The number of benzene rings is 1. The zero-order valence-corrected chi connectivity index (χ0v) is 20.4. The molecule has 182 valence electrons. The number of rotatable bonds is 8. The SMILES string of the molecule is CC(=O)SC1CCN(C(C(=O)C2CC2)c2ccccc2F)C/C1=C/c1ccn(CC(=O)O)n1.Cl. The van der Waals surface area contributed by atoms with Gasteiger partial charge in [-0.05, 0) is 43.0 Å². The third-order valence-electron chi connectivity index (χ3n) is 5.89. The van der Waals surface area contributed by atoms with Crippen LogP contribution in [0.2, 0.25) is 0 Å². The van der Waals surface area contributed by atoms with Crippen LogP contribution < -0.4 is 0 Å². The first-order valence-electron chi connectivity index (χ1n) is 11.0. The highest BCUT2D eigenvalue weighted by molar-refractivity contribution is 8.14. The van der Waals surface area contributed by atoms with E-state index in [-0.39, 0.29) is 41.0 Å². The van der Waals surface area contributed by atoms with Gasteiger partial charge in [0.05, 0.1) is 11.7 Å². The van der Waals surface area contributed by atoms with Gasteiger partial charge in [0.1, 0.15) is 12.4 Å². The first-order valence-corrected chi connectivity index (χ1v) is 11.8. The predicted octanol–water partition coefficient (Wildman–Crippen LogP) is 3.99. The van der Waals surface area contributed by atoms with E-state index in [1.807, 2.05) is 11.0 Å². The lowest BCUT2D eigenvalue weighted by atomic mass is 9.93. The number of nitrogens with zero attached hydrogens (tertiary/aromatic N) is 3. The summed E-state index contributed by atoms with van der Waals surface area (Å²) in [4.78, 5) is 38.0. The molecule has 1 saturated heterocycles. The Morgan fingerprint density at radius 3 is 2.62 bits per heavy atom. The molecule has 7 nitrogen and oxygen atoms in total. The first-order chi connectivity index (χ1) is 15.8. The normalized spacial score (nSPS) is 20.5. The molecule has 2 aliphatic rings. The molecule has 0 amide bonds. The lowest BCUT2D eigenvalue weighted by Crippen LogP contribution is -2.43. The smallest absolute Gasteiger partial charge is 0.325 e. The average molecular weight is 508 g/mol. The fraction of sp³-hybridized carbons (Fsp3) is 0.417. The van der Waals surface area contributed by atoms with E-state index >= 15 is 0 Å². The largest absolute Gasteiger partial charge is 0.480 e. The van der Waals surface area contributed by atoms with Crippen molar-refractivity contribution in [2.45, 2.75) is 44.0 Å². The van der Waals surface area contributed by atoms with Crippen LogP contribution in [0, 0.1) is 11.7 Å². The molecule has 2 heterocycles. The van der Waals surface area contributed by atoms with Crippen molar-refractivity contribution in [3.63, 3.8) is 0 Å². The number of hydrogen-bond acceptors (Lipinski definition) is 6. The number of carbonyl (C=O) groups is 3. The third-order valence-corrected chi connectivity index (χ3v) is 7.05. The van der Waals surface area contributed by atoms with Crippen molar-refractivity contribution in [3.8, 4) is 0 Å². The Balaban J connectivity index is 0.00000324. The van der Waals surface area contributed by atoms with E-state index in [2.05, 4.69) is 5.10 Å². The molecule has 1 aromatic heterocycles. The molecule has 1 aromatic carbocycles. The molecular weight excluding hydrogens is 481 g/mol. The molecule has 0 bridgehead atoms. The van der Waals surface area contributed by atoms with Crippen LogP contribution in [0.25, 0.3) is 6.08 Å². The molecule has 10 heteroatoms. The number of ketones is 1. The van der Waals surface area contributed by atoms with Gasteiger partial charge < -0.3 is 5.11 Å². The number of carbonyl (C=O) groups excluding carboxylic acids is 2. The summed E-state index contributed by atoms with van der Waals surface area (Å²) in [5.41, 5.74) is 1.88. The molecule has 0 radical (unpaired) electrons. The number of carboxylic acid groups (broad SMARTS) is 1. The predicted molar refractivity (Wildman–Crippen MR) is 130 cm³/mol. The van der Waals surface area contributed by atoms with Gasteiger partial charge in [-0.15, -0.1) is 12.4 Å². The maximum Gasteiger partial charge on any atom is 0.325 e. The summed E-state index contributed by atoms with van der Waals surface area (Å²) in [5, 5.41) is 13.2. The van der Waals surface area contributed by atoms with E-state index in [4.69, 9.17) is 5.11 Å². The van der Waals surface area contributed by atoms with Crippen LogP contribution in [-0.2, 0) is 20.9 Å². The van der Waals surface area contributed by atoms with Crippen LogP contribution in [0.3, 0.4) is 0 Å². The maximum absolute atomic E-state index is 14.7. The summed E-state index contributed by atoms with van der Waals surface area (Å²) in [6.07, 6.45) is 5.75. The summed E-state index contributed by atoms with van der Waals surface area (Å²) in [5.74, 6) is -1.37. The van der Waals surface area contributed by atoms with E-state index in [1.165, 1.54) is 29.4 Å².